The molecule has 1 aromatic heterocycles. The molecule has 0 amide bonds. The fourth-order valence-electron chi connectivity index (χ4n) is 1.96. The Morgan fingerprint density at radius 3 is 2.55 bits per heavy atom. The number of pyridine rings is 1. The molecule has 0 spiro atoms. The molecule has 0 aliphatic heterocycles. The van der Waals surface area contributed by atoms with E-state index in [0.29, 0.717) is 6.42 Å². The molecule has 1 aromatic carbocycles. The van der Waals surface area contributed by atoms with Crippen LogP contribution in [0.5, 0.6) is 0 Å². The van der Waals surface area contributed by atoms with Gasteiger partial charge in [-0.2, -0.15) is 0 Å². The Bertz CT molecular complexity index is 663. The first-order valence-corrected chi connectivity index (χ1v) is 6.20. The van der Waals surface area contributed by atoms with Crippen LogP contribution in [0.15, 0.2) is 47.3 Å². The number of methoxy groups -OCH3 is 1. The van der Waals surface area contributed by atoms with Gasteiger partial charge in [0.1, 0.15) is 6.54 Å². The van der Waals surface area contributed by atoms with Crippen molar-refractivity contribution in [2.45, 2.75) is 13.0 Å². The number of carbonyl (C=O) groups excluding carboxylic acids is 1. The van der Waals surface area contributed by atoms with Crippen LogP contribution >= 0.6 is 0 Å². The van der Waals surface area contributed by atoms with Gasteiger partial charge in [-0.25, -0.2) is 0 Å². The highest BCUT2D eigenvalue weighted by Gasteiger charge is 2.11. The van der Waals surface area contributed by atoms with Crippen LogP contribution in [0, 0.1) is 0 Å². The average Bonchev–Trinajstić information content (AvgIpc) is 2.47. The zero-order chi connectivity index (χ0) is 14.5. The third kappa shape index (κ3) is 3.06. The lowest BCUT2D eigenvalue weighted by molar-refractivity contribution is -0.141. The Morgan fingerprint density at radius 2 is 1.90 bits per heavy atom. The highest BCUT2D eigenvalue weighted by atomic mass is 16.5. The minimum Gasteiger partial charge on any atom is -0.468 e. The number of nitrogens with two attached hydrogens (primary N) is 1. The number of rotatable bonds is 4. The first kappa shape index (κ1) is 13.9. The number of aromatic nitrogens is 1. The maximum absolute atomic E-state index is 12.1. The van der Waals surface area contributed by atoms with E-state index in [9.17, 15) is 9.59 Å². The molecule has 2 N–H and O–H groups in total. The van der Waals surface area contributed by atoms with E-state index in [1.54, 1.807) is 12.1 Å². The number of nitrogen functional groups attached to an aromatic ring is 1. The molecule has 5 heteroatoms. The van der Waals surface area contributed by atoms with E-state index in [0.717, 1.165) is 11.3 Å². The summed E-state index contributed by atoms with van der Waals surface area (Å²) in [7, 11) is 1.29. The normalized spacial score (nSPS) is 10.2. The molecular formula is C15H16N2O3. The lowest BCUT2D eigenvalue weighted by atomic mass is 10.1. The fraction of sp³-hybridized carbons (Fsp3) is 0.200. The van der Waals surface area contributed by atoms with Crippen LogP contribution in [-0.2, 0) is 22.5 Å². The van der Waals surface area contributed by atoms with E-state index in [4.69, 9.17) is 5.73 Å². The molecular weight excluding hydrogens is 256 g/mol. The van der Waals surface area contributed by atoms with Crippen molar-refractivity contribution in [3.05, 3.63) is 64.1 Å². The molecule has 0 aliphatic carbocycles. The van der Waals surface area contributed by atoms with Crippen LogP contribution in [0.2, 0.25) is 0 Å². The van der Waals surface area contributed by atoms with Crippen molar-refractivity contribution in [1.82, 2.24) is 4.57 Å². The smallest absolute Gasteiger partial charge is 0.325 e. The number of nitrogens with zero attached hydrogens (tertiary/aromatic N) is 1. The van der Waals surface area contributed by atoms with Gasteiger partial charge in [-0.3, -0.25) is 14.2 Å². The number of benzene rings is 1. The van der Waals surface area contributed by atoms with Crippen LogP contribution < -0.4 is 11.3 Å². The first-order chi connectivity index (χ1) is 9.61. The second kappa shape index (κ2) is 6.06. The number of hydrogen-bond donors (Lipinski definition) is 1. The van der Waals surface area contributed by atoms with Gasteiger partial charge < -0.3 is 10.5 Å². The molecule has 0 bridgehead atoms. The topological polar surface area (TPSA) is 74.3 Å². The standard InChI is InChI=1S/C15H16N2O3/c1-20-14(18)10-17-12(7-8-13(16)15(17)19)9-11-5-3-2-4-6-11/h2-8H,9-10,16H2,1H3. The van der Waals surface area contributed by atoms with Crippen molar-refractivity contribution in [1.29, 1.82) is 0 Å². The number of ether oxygens (including phenoxy) is 1. The quantitative estimate of drug-likeness (QED) is 0.848. The van der Waals surface area contributed by atoms with Crippen LogP contribution in [0.3, 0.4) is 0 Å². The summed E-state index contributed by atoms with van der Waals surface area (Å²) in [4.78, 5) is 23.5. The zero-order valence-corrected chi connectivity index (χ0v) is 11.2. The van der Waals surface area contributed by atoms with Gasteiger partial charge in [0.25, 0.3) is 5.56 Å². The highest BCUT2D eigenvalue weighted by Crippen LogP contribution is 2.09. The molecule has 0 radical (unpaired) electrons. The van der Waals surface area contributed by atoms with Gasteiger partial charge in [0.15, 0.2) is 0 Å². The second-order valence-electron chi connectivity index (χ2n) is 4.41. The lowest BCUT2D eigenvalue weighted by Gasteiger charge is -2.12. The molecule has 2 aromatic rings. The second-order valence-corrected chi connectivity index (χ2v) is 4.41. The molecule has 0 saturated carbocycles. The number of carbonyl (C=O) groups is 1. The summed E-state index contributed by atoms with van der Waals surface area (Å²) in [5.41, 5.74) is 7.13. The summed E-state index contributed by atoms with van der Waals surface area (Å²) < 4.78 is 5.97. The predicted molar refractivity (Wildman–Crippen MR) is 76.4 cm³/mol. The molecule has 0 fully saturated rings. The van der Waals surface area contributed by atoms with Crippen LogP contribution in [0.1, 0.15) is 11.3 Å². The molecule has 20 heavy (non-hydrogen) atoms. The van der Waals surface area contributed by atoms with Gasteiger partial charge in [0, 0.05) is 12.1 Å². The Balaban J connectivity index is 2.39. The van der Waals surface area contributed by atoms with E-state index in [1.807, 2.05) is 30.3 Å². The van der Waals surface area contributed by atoms with Crippen molar-refractivity contribution >= 4 is 11.7 Å². The summed E-state index contributed by atoms with van der Waals surface area (Å²) in [6, 6.07) is 13.0. The molecule has 1 heterocycles. The van der Waals surface area contributed by atoms with Gasteiger partial charge in [0.05, 0.1) is 12.8 Å². The summed E-state index contributed by atoms with van der Waals surface area (Å²) >= 11 is 0. The monoisotopic (exact) mass is 272 g/mol. The highest BCUT2D eigenvalue weighted by molar-refractivity contribution is 5.69. The molecule has 0 atom stereocenters. The van der Waals surface area contributed by atoms with E-state index >= 15 is 0 Å². The molecule has 0 unspecified atom stereocenters. The molecule has 2 rings (SSSR count). The Kier molecular flexibility index (Phi) is 4.20. The van der Waals surface area contributed by atoms with Crippen molar-refractivity contribution in [3.63, 3.8) is 0 Å². The van der Waals surface area contributed by atoms with Crippen LogP contribution in [0.25, 0.3) is 0 Å². The number of hydrogen-bond acceptors (Lipinski definition) is 4. The SMILES string of the molecule is COC(=O)Cn1c(Cc2ccccc2)ccc(N)c1=O. The zero-order valence-electron chi connectivity index (χ0n) is 11.2. The third-order valence-corrected chi connectivity index (χ3v) is 3.04. The van der Waals surface area contributed by atoms with E-state index < -0.39 is 5.97 Å². The van der Waals surface area contributed by atoms with Gasteiger partial charge in [-0.1, -0.05) is 30.3 Å². The predicted octanol–water partition coefficient (Wildman–Crippen LogP) is 1.19. The van der Waals surface area contributed by atoms with Crippen molar-refractivity contribution < 1.29 is 9.53 Å². The summed E-state index contributed by atoms with van der Waals surface area (Å²) in [6.07, 6.45) is 0.549. The number of esters is 1. The molecule has 5 nitrogen and oxygen atoms in total. The summed E-state index contributed by atoms with van der Waals surface area (Å²) in [6.45, 7) is -0.136. The molecule has 0 saturated heterocycles. The largest absolute Gasteiger partial charge is 0.468 e. The lowest BCUT2D eigenvalue weighted by Crippen LogP contribution is -2.29. The summed E-state index contributed by atoms with van der Waals surface area (Å²) in [5.74, 6) is -0.480. The molecule has 0 aliphatic rings. The van der Waals surface area contributed by atoms with Gasteiger partial charge >= 0.3 is 5.97 Å². The fourth-order valence-corrected chi connectivity index (χ4v) is 1.96. The first-order valence-electron chi connectivity index (χ1n) is 6.20. The number of anilines is 1. The minimum atomic E-state index is -0.480. The van der Waals surface area contributed by atoms with Gasteiger partial charge in [-0.05, 0) is 17.7 Å². The third-order valence-electron chi connectivity index (χ3n) is 3.04. The summed E-state index contributed by atoms with van der Waals surface area (Å²) in [5, 5.41) is 0. The van der Waals surface area contributed by atoms with Crippen molar-refractivity contribution in [2.75, 3.05) is 12.8 Å². The molecule has 104 valence electrons. The van der Waals surface area contributed by atoms with E-state index in [-0.39, 0.29) is 17.8 Å². The van der Waals surface area contributed by atoms with Crippen molar-refractivity contribution in [3.8, 4) is 0 Å². The van der Waals surface area contributed by atoms with Gasteiger partial charge in [0.2, 0.25) is 0 Å². The van der Waals surface area contributed by atoms with Crippen molar-refractivity contribution in [2.24, 2.45) is 0 Å². The Labute approximate surface area is 116 Å². The van der Waals surface area contributed by atoms with Crippen LogP contribution in [0.4, 0.5) is 5.69 Å². The average molecular weight is 272 g/mol. The van der Waals surface area contributed by atoms with Crippen LogP contribution in [-0.4, -0.2) is 17.6 Å². The van der Waals surface area contributed by atoms with E-state index in [2.05, 4.69) is 4.74 Å². The Morgan fingerprint density at radius 1 is 1.20 bits per heavy atom. The van der Waals surface area contributed by atoms with E-state index in [1.165, 1.54) is 11.7 Å². The Hall–Kier alpha value is -2.56. The minimum absolute atomic E-state index is 0.116. The maximum atomic E-state index is 12.1. The maximum Gasteiger partial charge on any atom is 0.325 e. The van der Waals surface area contributed by atoms with Gasteiger partial charge in [-0.15, -0.1) is 0 Å².